The Bertz CT molecular complexity index is 828. The van der Waals surface area contributed by atoms with Crippen LogP contribution in [0.5, 0.6) is 0 Å². The van der Waals surface area contributed by atoms with Gasteiger partial charge >= 0.3 is 0 Å². The molecule has 0 saturated carbocycles. The third-order valence-corrected chi connectivity index (χ3v) is 5.19. The number of nitrogens with zero attached hydrogens (tertiary/aromatic N) is 2. The normalized spacial score (nSPS) is 11.5. The Hall–Kier alpha value is -2.19. The van der Waals surface area contributed by atoms with Crippen LogP contribution in [0.3, 0.4) is 0 Å². The molecule has 0 aliphatic heterocycles. The number of amides is 1. The van der Waals surface area contributed by atoms with Gasteiger partial charge in [-0.05, 0) is 38.0 Å². The number of anilines is 1. The van der Waals surface area contributed by atoms with Crippen LogP contribution >= 0.6 is 0 Å². The molecule has 0 radical (unpaired) electrons. The second-order valence-electron chi connectivity index (χ2n) is 5.58. The zero-order valence-electron chi connectivity index (χ0n) is 14.0. The number of hydrogen-bond acceptors (Lipinski definition) is 4. The Kier molecular flexibility index (Phi) is 5.74. The van der Waals surface area contributed by atoms with Crippen molar-refractivity contribution >= 4 is 21.6 Å². The van der Waals surface area contributed by atoms with Gasteiger partial charge in [0.2, 0.25) is 15.9 Å². The molecule has 7 nitrogen and oxygen atoms in total. The fraction of sp³-hybridized carbons (Fsp3) is 0.375. The number of aromatic nitrogens is 2. The Labute approximate surface area is 142 Å². The molecule has 1 aromatic heterocycles. The highest BCUT2D eigenvalue weighted by atomic mass is 32.2. The number of rotatable bonds is 7. The van der Waals surface area contributed by atoms with E-state index in [1.807, 2.05) is 17.7 Å². The molecule has 1 heterocycles. The molecule has 130 valence electrons. The van der Waals surface area contributed by atoms with E-state index in [2.05, 4.69) is 15.0 Å². The minimum absolute atomic E-state index is 0.174. The summed E-state index contributed by atoms with van der Waals surface area (Å²) in [6.45, 7) is 6.02. The molecule has 0 fully saturated rings. The zero-order chi connectivity index (χ0) is 17.7. The molecule has 24 heavy (non-hydrogen) atoms. The van der Waals surface area contributed by atoms with Gasteiger partial charge in [-0.1, -0.05) is 6.07 Å². The van der Waals surface area contributed by atoms with Crippen LogP contribution in [0.2, 0.25) is 0 Å². The lowest BCUT2D eigenvalue weighted by Crippen LogP contribution is -2.26. The lowest BCUT2D eigenvalue weighted by Gasteiger charge is -2.12. The van der Waals surface area contributed by atoms with Gasteiger partial charge in [-0.2, -0.15) is 0 Å². The highest BCUT2D eigenvalue weighted by molar-refractivity contribution is 7.89. The average molecular weight is 350 g/mol. The summed E-state index contributed by atoms with van der Waals surface area (Å²) in [7, 11) is -3.63. The van der Waals surface area contributed by atoms with Crippen LogP contribution in [0.15, 0.2) is 35.5 Å². The molecule has 0 atom stereocenters. The molecule has 2 rings (SSSR count). The Morgan fingerprint density at radius 3 is 2.67 bits per heavy atom. The third-order valence-electron chi connectivity index (χ3n) is 3.59. The summed E-state index contributed by atoms with van der Waals surface area (Å²) in [5.74, 6) is 0.655. The van der Waals surface area contributed by atoms with Crippen LogP contribution in [-0.4, -0.2) is 30.4 Å². The molecule has 0 aliphatic carbocycles. The molecular formula is C16H22N4O3S. The van der Waals surface area contributed by atoms with Crippen molar-refractivity contribution in [1.29, 1.82) is 0 Å². The Balaban J connectivity index is 2.01. The molecule has 1 aromatic carbocycles. The average Bonchev–Trinajstić information content (AvgIpc) is 2.90. The van der Waals surface area contributed by atoms with Crippen molar-refractivity contribution in [3.05, 3.63) is 42.0 Å². The maximum absolute atomic E-state index is 12.5. The second-order valence-corrected chi connectivity index (χ2v) is 7.32. The number of nitrogens with one attached hydrogen (secondary N) is 2. The van der Waals surface area contributed by atoms with Gasteiger partial charge in [0, 0.05) is 38.1 Å². The SMILES string of the molecule is CC(=O)Nc1ccc(C)c(S(=O)(=O)NCCCn2ccnc2C)c1. The summed E-state index contributed by atoms with van der Waals surface area (Å²) in [4.78, 5) is 15.4. The smallest absolute Gasteiger partial charge is 0.240 e. The molecule has 1 amide bonds. The number of carbonyl (C=O) groups is 1. The van der Waals surface area contributed by atoms with Gasteiger partial charge in [-0.15, -0.1) is 0 Å². The van der Waals surface area contributed by atoms with E-state index in [-0.39, 0.29) is 10.8 Å². The summed E-state index contributed by atoms with van der Waals surface area (Å²) < 4.78 is 29.5. The number of aryl methyl sites for hydroxylation is 3. The Morgan fingerprint density at radius 1 is 1.29 bits per heavy atom. The molecule has 2 aromatic rings. The summed E-state index contributed by atoms with van der Waals surface area (Å²) in [6.07, 6.45) is 4.24. The second kappa shape index (κ2) is 7.59. The first kappa shape index (κ1) is 18.2. The first-order valence-corrected chi connectivity index (χ1v) is 9.13. The van der Waals surface area contributed by atoms with Gasteiger partial charge in [-0.25, -0.2) is 18.1 Å². The van der Waals surface area contributed by atoms with Crippen LogP contribution < -0.4 is 10.0 Å². The number of sulfonamides is 1. The predicted molar refractivity (Wildman–Crippen MR) is 92.3 cm³/mol. The van der Waals surface area contributed by atoms with E-state index in [0.717, 1.165) is 5.82 Å². The van der Waals surface area contributed by atoms with Gasteiger partial charge in [0.25, 0.3) is 0 Å². The largest absolute Gasteiger partial charge is 0.335 e. The fourth-order valence-corrected chi connectivity index (χ4v) is 3.69. The van der Waals surface area contributed by atoms with E-state index in [1.54, 1.807) is 25.3 Å². The van der Waals surface area contributed by atoms with E-state index >= 15 is 0 Å². The molecule has 8 heteroatoms. The summed E-state index contributed by atoms with van der Waals surface area (Å²) in [5.41, 5.74) is 1.09. The maximum atomic E-state index is 12.5. The van der Waals surface area contributed by atoms with Crippen molar-refractivity contribution in [2.24, 2.45) is 0 Å². The first-order chi connectivity index (χ1) is 11.3. The molecule has 2 N–H and O–H groups in total. The van der Waals surface area contributed by atoms with Crippen molar-refractivity contribution in [2.45, 2.75) is 38.6 Å². The van der Waals surface area contributed by atoms with Crippen LogP contribution in [-0.2, 0) is 21.4 Å². The van der Waals surface area contributed by atoms with Crippen LogP contribution in [0.25, 0.3) is 0 Å². The minimum Gasteiger partial charge on any atom is -0.335 e. The standard InChI is InChI=1S/C16H22N4O3S/c1-12-5-6-15(19-14(3)21)11-16(12)24(22,23)18-7-4-9-20-10-8-17-13(20)2/h5-6,8,10-11,18H,4,7,9H2,1-3H3,(H,19,21). The molecule has 0 unspecified atom stereocenters. The third kappa shape index (κ3) is 4.65. The number of benzene rings is 1. The number of carbonyl (C=O) groups excluding carboxylic acids is 1. The van der Waals surface area contributed by atoms with Gasteiger partial charge in [0.05, 0.1) is 4.90 Å². The van der Waals surface area contributed by atoms with E-state index in [9.17, 15) is 13.2 Å². The van der Waals surface area contributed by atoms with Gasteiger partial charge in [0.1, 0.15) is 5.82 Å². The van der Waals surface area contributed by atoms with Gasteiger partial charge in [0.15, 0.2) is 0 Å². The van der Waals surface area contributed by atoms with Gasteiger partial charge < -0.3 is 9.88 Å². The van der Waals surface area contributed by atoms with Crippen LogP contribution in [0.1, 0.15) is 24.7 Å². The van der Waals surface area contributed by atoms with Crippen molar-refractivity contribution in [3.8, 4) is 0 Å². The highest BCUT2D eigenvalue weighted by Gasteiger charge is 2.17. The predicted octanol–water partition coefficient (Wildman–Crippen LogP) is 1.83. The Morgan fingerprint density at radius 2 is 2.04 bits per heavy atom. The quantitative estimate of drug-likeness (QED) is 0.745. The minimum atomic E-state index is -3.63. The van der Waals surface area contributed by atoms with E-state index < -0.39 is 10.0 Å². The zero-order valence-corrected chi connectivity index (χ0v) is 14.9. The van der Waals surface area contributed by atoms with E-state index in [0.29, 0.717) is 30.8 Å². The van der Waals surface area contributed by atoms with E-state index in [1.165, 1.54) is 13.0 Å². The summed E-state index contributed by atoms with van der Waals surface area (Å²) >= 11 is 0. The molecule has 0 saturated heterocycles. The lowest BCUT2D eigenvalue weighted by molar-refractivity contribution is -0.114. The van der Waals surface area contributed by atoms with Gasteiger partial charge in [-0.3, -0.25) is 4.79 Å². The highest BCUT2D eigenvalue weighted by Crippen LogP contribution is 2.20. The molecule has 0 aliphatic rings. The molecule has 0 bridgehead atoms. The molecular weight excluding hydrogens is 328 g/mol. The topological polar surface area (TPSA) is 93.1 Å². The number of imidazole rings is 1. The summed E-state index contributed by atoms with van der Waals surface area (Å²) in [5, 5.41) is 2.60. The first-order valence-electron chi connectivity index (χ1n) is 7.65. The number of hydrogen-bond donors (Lipinski definition) is 2. The van der Waals surface area contributed by atoms with Crippen LogP contribution in [0, 0.1) is 13.8 Å². The van der Waals surface area contributed by atoms with Crippen molar-refractivity contribution in [1.82, 2.24) is 14.3 Å². The van der Waals surface area contributed by atoms with Crippen molar-refractivity contribution < 1.29 is 13.2 Å². The monoisotopic (exact) mass is 350 g/mol. The van der Waals surface area contributed by atoms with Crippen molar-refractivity contribution in [2.75, 3.05) is 11.9 Å². The molecule has 0 spiro atoms. The van der Waals surface area contributed by atoms with E-state index in [4.69, 9.17) is 0 Å². The summed E-state index contributed by atoms with van der Waals surface area (Å²) in [6, 6.07) is 4.82. The van der Waals surface area contributed by atoms with Crippen molar-refractivity contribution in [3.63, 3.8) is 0 Å². The maximum Gasteiger partial charge on any atom is 0.240 e. The van der Waals surface area contributed by atoms with Crippen LogP contribution in [0.4, 0.5) is 5.69 Å². The lowest BCUT2D eigenvalue weighted by atomic mass is 10.2. The fourth-order valence-electron chi connectivity index (χ4n) is 2.34.